The number of halogens is 1. The Labute approximate surface area is 125 Å². The molecule has 0 aliphatic carbocycles. The van der Waals surface area contributed by atoms with Crippen LogP contribution in [0.1, 0.15) is 23.7 Å². The van der Waals surface area contributed by atoms with E-state index in [0.29, 0.717) is 12.2 Å². The van der Waals surface area contributed by atoms with Crippen molar-refractivity contribution in [2.75, 3.05) is 6.61 Å². The van der Waals surface area contributed by atoms with Crippen molar-refractivity contribution in [2.45, 2.75) is 19.9 Å². The molecular weight excluding hydrogens is 294 g/mol. The number of hydrogen-bond acceptors (Lipinski definition) is 5. The number of esters is 1. The van der Waals surface area contributed by atoms with Gasteiger partial charge in [0.1, 0.15) is 16.4 Å². The number of pyridine rings is 2. The van der Waals surface area contributed by atoms with Crippen LogP contribution in [0.2, 0.25) is 5.15 Å². The third kappa shape index (κ3) is 3.03. The number of ether oxygens (including phenoxy) is 1. The topological polar surface area (TPSA) is 85.0 Å². The molecule has 0 bridgehead atoms. The number of carbonyl (C=O) groups excluding carboxylic acids is 1. The van der Waals surface area contributed by atoms with Gasteiger partial charge in [0.25, 0.3) is 0 Å². The zero-order valence-electron chi connectivity index (χ0n) is 11.3. The van der Waals surface area contributed by atoms with Crippen LogP contribution in [0.3, 0.4) is 0 Å². The summed E-state index contributed by atoms with van der Waals surface area (Å²) in [6.07, 6.45) is 1.58. The molecule has 0 amide bonds. The summed E-state index contributed by atoms with van der Waals surface area (Å²) in [4.78, 5) is 28.3. The van der Waals surface area contributed by atoms with Crippen molar-refractivity contribution in [3.05, 3.63) is 39.3 Å². The lowest BCUT2D eigenvalue weighted by Crippen LogP contribution is -2.21. The molecule has 2 aromatic rings. The fraction of sp³-hybridized carbons (Fsp3) is 0.286. The molecule has 0 aliphatic heterocycles. The minimum atomic E-state index is -0.690. The Bertz CT molecular complexity index is 792. The monoisotopic (exact) mass is 305 g/mol. The zero-order valence-corrected chi connectivity index (χ0v) is 12.1. The highest BCUT2D eigenvalue weighted by Crippen LogP contribution is 2.14. The van der Waals surface area contributed by atoms with Crippen LogP contribution in [0.5, 0.6) is 0 Å². The molecule has 0 saturated carbocycles. The highest BCUT2D eigenvalue weighted by molar-refractivity contribution is 6.29. The fourth-order valence-corrected chi connectivity index (χ4v) is 2.08. The lowest BCUT2D eigenvalue weighted by molar-refractivity contribution is 0.0524. The molecule has 108 valence electrons. The molecular formula is C14H12ClN3O3. The van der Waals surface area contributed by atoms with Crippen molar-refractivity contribution in [3.63, 3.8) is 0 Å². The third-order valence-corrected chi connectivity index (χ3v) is 3.06. The number of fused-ring (bicyclic) bond motifs is 1. The van der Waals surface area contributed by atoms with E-state index in [4.69, 9.17) is 21.6 Å². The van der Waals surface area contributed by atoms with Gasteiger partial charge in [0.15, 0.2) is 0 Å². The second-order valence-corrected chi connectivity index (χ2v) is 4.59. The second kappa shape index (κ2) is 6.37. The predicted molar refractivity (Wildman–Crippen MR) is 77.2 cm³/mol. The Morgan fingerprint density at radius 3 is 2.95 bits per heavy atom. The molecule has 0 radical (unpaired) electrons. The van der Waals surface area contributed by atoms with E-state index in [1.54, 1.807) is 11.5 Å². The standard InChI is InChI=1S/C14H12ClN3O3/c1-2-21-14(20)10-8-18(7-3-6-16)13-9(12(10)19)4-5-11(15)17-13/h4-5,8H,2-3,7H2,1H3. The maximum atomic E-state index is 12.3. The van der Waals surface area contributed by atoms with E-state index in [2.05, 4.69) is 4.98 Å². The molecule has 0 spiro atoms. The first-order chi connectivity index (χ1) is 10.1. The first-order valence-electron chi connectivity index (χ1n) is 6.32. The van der Waals surface area contributed by atoms with E-state index in [9.17, 15) is 9.59 Å². The normalized spacial score (nSPS) is 10.3. The summed E-state index contributed by atoms with van der Waals surface area (Å²) in [5, 5.41) is 9.21. The van der Waals surface area contributed by atoms with E-state index in [-0.39, 0.29) is 29.1 Å². The van der Waals surface area contributed by atoms with Crippen LogP contribution in [-0.4, -0.2) is 22.1 Å². The summed E-state index contributed by atoms with van der Waals surface area (Å²) in [5.74, 6) is -0.690. The lowest BCUT2D eigenvalue weighted by atomic mass is 10.2. The number of aromatic nitrogens is 2. The summed E-state index contributed by atoms with van der Waals surface area (Å²) >= 11 is 5.85. The van der Waals surface area contributed by atoms with Gasteiger partial charge in [-0.2, -0.15) is 5.26 Å². The van der Waals surface area contributed by atoms with E-state index in [1.807, 2.05) is 6.07 Å². The Balaban J connectivity index is 2.70. The summed E-state index contributed by atoms with van der Waals surface area (Å²) in [7, 11) is 0. The number of aryl methyl sites for hydroxylation is 1. The van der Waals surface area contributed by atoms with Crippen LogP contribution < -0.4 is 5.43 Å². The SMILES string of the molecule is CCOC(=O)c1cn(CCC#N)c2nc(Cl)ccc2c1=O. The lowest BCUT2D eigenvalue weighted by Gasteiger charge is -2.11. The Kier molecular flexibility index (Phi) is 4.55. The number of rotatable bonds is 4. The van der Waals surface area contributed by atoms with E-state index < -0.39 is 11.4 Å². The van der Waals surface area contributed by atoms with Crippen LogP contribution in [0.25, 0.3) is 11.0 Å². The quantitative estimate of drug-likeness (QED) is 0.638. The second-order valence-electron chi connectivity index (χ2n) is 4.20. The minimum absolute atomic E-state index is 0.0774. The van der Waals surface area contributed by atoms with Gasteiger partial charge in [0.2, 0.25) is 5.43 Å². The molecule has 0 aromatic carbocycles. The molecule has 2 heterocycles. The molecule has 0 aliphatic rings. The van der Waals surface area contributed by atoms with Crippen molar-refractivity contribution < 1.29 is 9.53 Å². The van der Waals surface area contributed by atoms with Gasteiger partial charge in [0.05, 0.1) is 24.5 Å². The van der Waals surface area contributed by atoms with Crippen molar-refractivity contribution in [3.8, 4) is 6.07 Å². The predicted octanol–water partition coefficient (Wildman–Crippen LogP) is 2.14. The van der Waals surface area contributed by atoms with Crippen LogP contribution in [0, 0.1) is 11.3 Å². The zero-order chi connectivity index (χ0) is 15.4. The van der Waals surface area contributed by atoms with Gasteiger partial charge in [-0.15, -0.1) is 0 Å². The van der Waals surface area contributed by atoms with Crippen LogP contribution >= 0.6 is 11.6 Å². The Morgan fingerprint density at radius 2 is 2.29 bits per heavy atom. The van der Waals surface area contributed by atoms with Crippen LogP contribution in [0.4, 0.5) is 0 Å². The molecule has 0 atom stereocenters. The number of carbonyl (C=O) groups is 1. The summed E-state index contributed by atoms with van der Waals surface area (Å²) in [6.45, 7) is 2.13. The third-order valence-electron chi connectivity index (χ3n) is 2.85. The highest BCUT2D eigenvalue weighted by atomic mass is 35.5. The Morgan fingerprint density at radius 1 is 1.52 bits per heavy atom. The maximum absolute atomic E-state index is 12.3. The average Bonchev–Trinajstić information content (AvgIpc) is 2.46. The van der Waals surface area contributed by atoms with Crippen molar-refractivity contribution >= 4 is 28.6 Å². The average molecular weight is 306 g/mol. The molecule has 0 saturated heterocycles. The molecule has 21 heavy (non-hydrogen) atoms. The van der Waals surface area contributed by atoms with Gasteiger partial charge in [-0.05, 0) is 19.1 Å². The van der Waals surface area contributed by atoms with Crippen LogP contribution in [0.15, 0.2) is 23.1 Å². The van der Waals surface area contributed by atoms with E-state index >= 15 is 0 Å². The van der Waals surface area contributed by atoms with E-state index in [1.165, 1.54) is 18.3 Å². The minimum Gasteiger partial charge on any atom is -0.462 e. The Hall–Kier alpha value is -2.39. The van der Waals surface area contributed by atoms with Gasteiger partial charge in [-0.3, -0.25) is 4.79 Å². The molecule has 2 aromatic heterocycles. The number of nitrogens with zero attached hydrogens (tertiary/aromatic N) is 3. The summed E-state index contributed by atoms with van der Waals surface area (Å²) in [6, 6.07) is 5.00. The van der Waals surface area contributed by atoms with Gasteiger partial charge < -0.3 is 9.30 Å². The van der Waals surface area contributed by atoms with E-state index in [0.717, 1.165) is 0 Å². The summed E-state index contributed by atoms with van der Waals surface area (Å²) < 4.78 is 6.44. The molecule has 6 nitrogen and oxygen atoms in total. The van der Waals surface area contributed by atoms with Crippen molar-refractivity contribution in [1.29, 1.82) is 5.26 Å². The van der Waals surface area contributed by atoms with Crippen molar-refractivity contribution in [2.24, 2.45) is 0 Å². The summed E-state index contributed by atoms with van der Waals surface area (Å²) in [5.41, 5.74) is -0.192. The molecule has 2 rings (SSSR count). The highest BCUT2D eigenvalue weighted by Gasteiger charge is 2.17. The van der Waals surface area contributed by atoms with Gasteiger partial charge >= 0.3 is 5.97 Å². The molecule has 0 unspecified atom stereocenters. The first kappa shape index (κ1) is 15.0. The fourth-order valence-electron chi connectivity index (χ4n) is 1.94. The first-order valence-corrected chi connectivity index (χ1v) is 6.70. The maximum Gasteiger partial charge on any atom is 0.343 e. The number of nitriles is 1. The smallest absolute Gasteiger partial charge is 0.343 e. The van der Waals surface area contributed by atoms with Crippen molar-refractivity contribution in [1.82, 2.24) is 9.55 Å². The van der Waals surface area contributed by atoms with Gasteiger partial charge in [-0.25, -0.2) is 9.78 Å². The molecule has 0 N–H and O–H groups in total. The number of hydrogen-bond donors (Lipinski definition) is 0. The molecule has 0 fully saturated rings. The van der Waals surface area contributed by atoms with Gasteiger partial charge in [0, 0.05) is 12.7 Å². The van der Waals surface area contributed by atoms with Crippen LogP contribution in [-0.2, 0) is 11.3 Å². The van der Waals surface area contributed by atoms with Gasteiger partial charge in [-0.1, -0.05) is 11.6 Å². The largest absolute Gasteiger partial charge is 0.462 e. The molecule has 7 heteroatoms.